The number of rotatable bonds is 15. The normalized spacial score (nSPS) is 19.4. The second kappa shape index (κ2) is 13.4. The zero-order chi connectivity index (χ0) is 22.8. The fraction of sp³-hybridized carbons (Fsp3) is 1.00. The number of aliphatic hydroxyl groups is 1. The molecule has 176 valence electrons. The molecule has 0 aromatic carbocycles. The molecule has 0 aliphatic rings. The summed E-state index contributed by atoms with van der Waals surface area (Å²) in [4.78, 5) is 0. The van der Waals surface area contributed by atoms with Crippen LogP contribution < -0.4 is 0 Å². The van der Waals surface area contributed by atoms with Crippen molar-refractivity contribution >= 4 is 8.32 Å². The molecule has 29 heavy (non-hydrogen) atoms. The molecule has 0 aliphatic carbocycles. The van der Waals surface area contributed by atoms with E-state index in [2.05, 4.69) is 61.6 Å². The maximum Gasteiger partial charge on any atom is 0.192 e. The minimum atomic E-state index is -2.01. The lowest BCUT2D eigenvalue weighted by atomic mass is 9.80. The van der Waals surface area contributed by atoms with Crippen LogP contribution in [0.5, 0.6) is 0 Å². The van der Waals surface area contributed by atoms with Gasteiger partial charge in [-0.2, -0.15) is 0 Å². The summed E-state index contributed by atoms with van der Waals surface area (Å²) in [5, 5.41) is 9.64. The summed E-state index contributed by atoms with van der Waals surface area (Å²) < 4.78 is 24.2. The summed E-state index contributed by atoms with van der Waals surface area (Å²) in [5.74, 6) is 0.715. The highest BCUT2D eigenvalue weighted by Crippen LogP contribution is 2.41. The van der Waals surface area contributed by atoms with Gasteiger partial charge in [-0.1, -0.05) is 54.9 Å². The molecule has 0 fully saturated rings. The Morgan fingerprint density at radius 3 is 1.93 bits per heavy atom. The lowest BCUT2D eigenvalue weighted by Gasteiger charge is -2.46. The second-order valence-electron chi connectivity index (χ2n) is 10.2. The molecule has 0 heterocycles. The van der Waals surface area contributed by atoms with E-state index in [1.807, 2.05) is 0 Å². The quantitative estimate of drug-likeness (QED) is 0.273. The SMILES string of the molecule is CCC[C@@H](C)[C@H](OCOC)[C@H](C)[C@@H](O[Si](C)(C)C(C)(C)C)[C@@H](C)[C@H](CCO)OC. The van der Waals surface area contributed by atoms with Gasteiger partial charge in [0.05, 0.1) is 18.3 Å². The van der Waals surface area contributed by atoms with Crippen molar-refractivity contribution in [1.29, 1.82) is 0 Å². The predicted octanol–water partition coefficient (Wildman–Crippen LogP) is 5.47. The van der Waals surface area contributed by atoms with Crippen molar-refractivity contribution in [3.63, 3.8) is 0 Å². The van der Waals surface area contributed by atoms with Gasteiger partial charge in [-0.05, 0) is 36.9 Å². The van der Waals surface area contributed by atoms with Crippen LogP contribution in [0.15, 0.2) is 0 Å². The Morgan fingerprint density at radius 2 is 1.52 bits per heavy atom. The van der Waals surface area contributed by atoms with Gasteiger partial charge in [-0.15, -0.1) is 0 Å². The zero-order valence-electron chi connectivity index (χ0n) is 21.1. The summed E-state index contributed by atoms with van der Waals surface area (Å²) in [6, 6.07) is 0. The average Bonchev–Trinajstić information content (AvgIpc) is 2.63. The first-order valence-electron chi connectivity index (χ1n) is 11.3. The van der Waals surface area contributed by atoms with Gasteiger partial charge in [0.2, 0.25) is 0 Å². The standard InChI is InChI=1S/C23H50O5Si/c1-12-13-17(2)21(27-16-25-8)19(4)22(18(3)20(26-9)14-15-24)28-29(10,11)23(5,6)7/h17-22,24H,12-16H2,1-11H3/t17-,18+,19+,20+,21+,22+/m1/s1. The van der Waals surface area contributed by atoms with E-state index < -0.39 is 8.32 Å². The third-order valence-corrected chi connectivity index (χ3v) is 11.3. The Balaban J connectivity index is 5.94. The van der Waals surface area contributed by atoms with Gasteiger partial charge < -0.3 is 23.7 Å². The smallest absolute Gasteiger partial charge is 0.192 e. The number of aliphatic hydroxyl groups excluding tert-OH is 1. The number of hydrogen-bond donors (Lipinski definition) is 1. The maximum atomic E-state index is 9.53. The van der Waals surface area contributed by atoms with Crippen molar-refractivity contribution in [2.75, 3.05) is 27.6 Å². The van der Waals surface area contributed by atoms with Crippen molar-refractivity contribution in [1.82, 2.24) is 0 Å². The fourth-order valence-electron chi connectivity index (χ4n) is 3.93. The molecule has 0 spiro atoms. The lowest BCUT2D eigenvalue weighted by Crippen LogP contribution is -2.52. The van der Waals surface area contributed by atoms with E-state index in [0.29, 0.717) is 12.3 Å². The number of ether oxygens (including phenoxy) is 3. The average molecular weight is 435 g/mol. The summed E-state index contributed by atoms with van der Waals surface area (Å²) in [5.41, 5.74) is 0. The van der Waals surface area contributed by atoms with E-state index in [-0.39, 0.29) is 48.6 Å². The summed E-state index contributed by atoms with van der Waals surface area (Å²) in [6.45, 7) is 20.7. The Labute approximate surface area is 182 Å². The Hall–Kier alpha value is 0.0169. The van der Waals surface area contributed by atoms with Crippen LogP contribution in [0.4, 0.5) is 0 Å². The van der Waals surface area contributed by atoms with E-state index in [9.17, 15) is 5.11 Å². The van der Waals surface area contributed by atoms with Crippen LogP contribution in [0.2, 0.25) is 18.1 Å². The van der Waals surface area contributed by atoms with Crippen LogP contribution in [0.3, 0.4) is 0 Å². The molecule has 0 bridgehead atoms. The molecule has 0 saturated heterocycles. The van der Waals surface area contributed by atoms with Gasteiger partial charge in [0, 0.05) is 32.7 Å². The van der Waals surface area contributed by atoms with Crippen LogP contribution in [0, 0.1) is 17.8 Å². The summed E-state index contributed by atoms with van der Waals surface area (Å²) in [7, 11) is 1.38. The molecule has 6 atom stereocenters. The Kier molecular flexibility index (Phi) is 13.4. The molecule has 0 aromatic rings. The minimum absolute atomic E-state index is 0.0199. The first-order chi connectivity index (χ1) is 13.4. The largest absolute Gasteiger partial charge is 0.413 e. The fourth-order valence-corrected chi connectivity index (χ4v) is 5.40. The van der Waals surface area contributed by atoms with Gasteiger partial charge in [0.25, 0.3) is 0 Å². The highest BCUT2D eigenvalue weighted by atomic mass is 28.4. The zero-order valence-corrected chi connectivity index (χ0v) is 22.1. The van der Waals surface area contributed by atoms with E-state index in [4.69, 9.17) is 18.6 Å². The third-order valence-electron chi connectivity index (χ3n) is 6.78. The molecular formula is C23H50O5Si. The lowest BCUT2D eigenvalue weighted by molar-refractivity contribution is -0.136. The molecule has 0 saturated carbocycles. The molecule has 5 nitrogen and oxygen atoms in total. The molecule has 1 N–H and O–H groups in total. The maximum absolute atomic E-state index is 9.53. The van der Waals surface area contributed by atoms with Gasteiger partial charge in [-0.25, -0.2) is 0 Å². The Bertz CT molecular complexity index is 424. The first-order valence-corrected chi connectivity index (χ1v) is 14.2. The van der Waals surface area contributed by atoms with Crippen molar-refractivity contribution in [2.45, 2.75) is 104 Å². The molecule has 0 unspecified atom stereocenters. The third kappa shape index (κ3) is 8.96. The highest BCUT2D eigenvalue weighted by molar-refractivity contribution is 6.74. The Morgan fingerprint density at radius 1 is 0.931 bits per heavy atom. The molecule has 0 aromatic heterocycles. The van der Waals surface area contributed by atoms with Gasteiger partial charge in [-0.3, -0.25) is 0 Å². The number of hydrogen-bond acceptors (Lipinski definition) is 5. The van der Waals surface area contributed by atoms with Crippen LogP contribution in [0.1, 0.15) is 67.7 Å². The second-order valence-corrected chi connectivity index (χ2v) is 14.9. The first kappa shape index (κ1) is 29.0. The summed E-state index contributed by atoms with van der Waals surface area (Å²) >= 11 is 0. The molecule has 0 radical (unpaired) electrons. The van der Waals surface area contributed by atoms with E-state index in [1.165, 1.54) is 0 Å². The van der Waals surface area contributed by atoms with Crippen LogP contribution >= 0.6 is 0 Å². The molecule has 6 heteroatoms. The van der Waals surface area contributed by atoms with Gasteiger partial charge in [0.1, 0.15) is 6.79 Å². The molecule has 0 amide bonds. The highest BCUT2D eigenvalue weighted by Gasteiger charge is 2.44. The minimum Gasteiger partial charge on any atom is -0.413 e. The number of methoxy groups -OCH3 is 2. The molecular weight excluding hydrogens is 384 g/mol. The predicted molar refractivity (Wildman–Crippen MR) is 124 cm³/mol. The van der Waals surface area contributed by atoms with Crippen molar-refractivity contribution in [3.05, 3.63) is 0 Å². The van der Waals surface area contributed by atoms with Crippen LogP contribution in [-0.2, 0) is 18.6 Å². The van der Waals surface area contributed by atoms with Crippen LogP contribution in [-0.4, -0.2) is 59.4 Å². The van der Waals surface area contributed by atoms with E-state index in [1.54, 1.807) is 14.2 Å². The van der Waals surface area contributed by atoms with Gasteiger partial charge in [0.15, 0.2) is 8.32 Å². The van der Waals surface area contributed by atoms with Crippen LogP contribution in [0.25, 0.3) is 0 Å². The van der Waals surface area contributed by atoms with E-state index >= 15 is 0 Å². The van der Waals surface area contributed by atoms with Crippen molar-refractivity contribution < 1.29 is 23.7 Å². The van der Waals surface area contributed by atoms with Crippen molar-refractivity contribution in [2.24, 2.45) is 17.8 Å². The van der Waals surface area contributed by atoms with Gasteiger partial charge >= 0.3 is 0 Å². The summed E-state index contributed by atoms with van der Waals surface area (Å²) in [6.07, 6.45) is 2.80. The molecule has 0 aliphatic heterocycles. The monoisotopic (exact) mass is 434 g/mol. The molecule has 0 rings (SSSR count). The van der Waals surface area contributed by atoms with Crippen molar-refractivity contribution in [3.8, 4) is 0 Å². The van der Waals surface area contributed by atoms with E-state index in [0.717, 1.165) is 12.8 Å². The topological polar surface area (TPSA) is 57.2 Å².